The largest absolute Gasteiger partial charge is 0.871 e. The van der Waals surface area contributed by atoms with Crippen molar-refractivity contribution in [3.8, 4) is 5.75 Å². The lowest BCUT2D eigenvalue weighted by molar-refractivity contribution is -0.576. The first-order valence-corrected chi connectivity index (χ1v) is 7.79. The van der Waals surface area contributed by atoms with Crippen LogP contribution in [0.5, 0.6) is 5.75 Å². The minimum Gasteiger partial charge on any atom is -0.871 e. The first kappa shape index (κ1) is 15.7. The van der Waals surface area contributed by atoms with Crippen LogP contribution in [-0.4, -0.2) is 11.6 Å². The zero-order chi connectivity index (χ0) is 18.3. The Hall–Kier alpha value is -3.80. The monoisotopic (exact) mass is 345 g/mol. The van der Waals surface area contributed by atoms with E-state index in [-0.39, 0.29) is 22.2 Å². The molecule has 0 radical (unpaired) electrons. The van der Waals surface area contributed by atoms with Gasteiger partial charge in [0.25, 0.3) is 11.5 Å². The van der Waals surface area contributed by atoms with Gasteiger partial charge in [0.2, 0.25) is 0 Å². The summed E-state index contributed by atoms with van der Waals surface area (Å²) in [5.74, 6) is -1.73. The Kier molecular flexibility index (Phi) is 3.58. The normalized spacial score (nSPS) is 14.3. The van der Waals surface area contributed by atoms with E-state index in [9.17, 15) is 19.5 Å². The number of para-hydroxylation sites is 1. The fourth-order valence-electron chi connectivity index (χ4n) is 2.94. The highest BCUT2D eigenvalue weighted by Crippen LogP contribution is 2.32. The number of hydrogen-bond acceptors (Lipinski definition) is 5. The molecule has 0 spiro atoms. The lowest BCUT2D eigenvalue weighted by Crippen LogP contribution is -2.38. The minimum atomic E-state index is -0.950. The maximum absolute atomic E-state index is 12.9. The second kappa shape index (κ2) is 5.93. The van der Waals surface area contributed by atoms with Crippen LogP contribution < -0.4 is 15.3 Å². The molecule has 0 unspecified atom stereocenters. The minimum absolute atomic E-state index is 0.0576. The van der Waals surface area contributed by atoms with Gasteiger partial charge in [-0.1, -0.05) is 30.0 Å². The molecule has 1 aliphatic carbocycles. The molecule has 0 amide bonds. The summed E-state index contributed by atoms with van der Waals surface area (Å²) in [7, 11) is 0. The van der Waals surface area contributed by atoms with Crippen LogP contribution in [0, 0.1) is 0 Å². The molecule has 1 aromatic carbocycles. The highest BCUT2D eigenvalue weighted by atomic mass is 16.4. The van der Waals surface area contributed by atoms with Crippen molar-refractivity contribution in [2.45, 2.75) is 0 Å². The average Bonchev–Trinajstić information content (AvgIpc) is 2.65. The molecule has 0 N–H and O–H groups in total. The predicted molar refractivity (Wildman–Crippen MR) is 90.8 cm³/mol. The van der Waals surface area contributed by atoms with Crippen LogP contribution in [0.15, 0.2) is 76.2 Å². The van der Waals surface area contributed by atoms with Gasteiger partial charge >= 0.3 is 5.63 Å². The Morgan fingerprint density at radius 3 is 2.31 bits per heavy atom. The molecule has 6 heteroatoms. The third-order valence-corrected chi connectivity index (χ3v) is 4.09. The van der Waals surface area contributed by atoms with Crippen molar-refractivity contribution in [1.82, 2.24) is 0 Å². The number of nitrogens with zero attached hydrogens (tertiary/aromatic N) is 1. The molecule has 4 rings (SSSR count). The fourth-order valence-corrected chi connectivity index (χ4v) is 2.94. The molecule has 0 saturated carbocycles. The van der Waals surface area contributed by atoms with E-state index in [4.69, 9.17) is 4.42 Å². The van der Waals surface area contributed by atoms with E-state index >= 15 is 0 Å². The Balaban J connectivity index is 2.12. The maximum Gasteiger partial charge on any atom is 0.343 e. The number of aromatic nitrogens is 1. The number of ketones is 2. The van der Waals surface area contributed by atoms with Crippen molar-refractivity contribution in [1.29, 1.82) is 0 Å². The Labute approximate surface area is 146 Å². The number of fused-ring (bicyclic) bond motifs is 1. The lowest BCUT2D eigenvalue weighted by atomic mass is 9.93. The summed E-state index contributed by atoms with van der Waals surface area (Å²) in [6.45, 7) is 0. The van der Waals surface area contributed by atoms with E-state index in [1.165, 1.54) is 16.7 Å². The molecular weight excluding hydrogens is 334 g/mol. The molecule has 0 aliphatic heterocycles. The van der Waals surface area contributed by atoms with Gasteiger partial charge in [-0.2, -0.15) is 4.57 Å². The van der Waals surface area contributed by atoms with Crippen LogP contribution in [-0.2, 0) is 9.59 Å². The number of hydrogen-bond donors (Lipinski definition) is 0. The zero-order valence-electron chi connectivity index (χ0n) is 13.3. The number of rotatable bonds is 2. The highest BCUT2D eigenvalue weighted by Gasteiger charge is 2.34. The van der Waals surface area contributed by atoms with Crippen molar-refractivity contribution in [3.63, 3.8) is 0 Å². The summed E-state index contributed by atoms with van der Waals surface area (Å²) in [6, 6.07) is 11.3. The summed E-state index contributed by atoms with van der Waals surface area (Å²) in [5, 5.41) is 13.1. The molecule has 0 saturated heterocycles. The van der Waals surface area contributed by atoms with Crippen molar-refractivity contribution in [3.05, 3.63) is 83.0 Å². The molecule has 0 atom stereocenters. The smallest absolute Gasteiger partial charge is 0.343 e. The molecule has 0 bridgehead atoms. The van der Waals surface area contributed by atoms with Gasteiger partial charge in [0.05, 0.1) is 5.56 Å². The second-order valence-corrected chi connectivity index (χ2v) is 5.66. The van der Waals surface area contributed by atoms with Crippen molar-refractivity contribution in [2.75, 3.05) is 0 Å². The molecule has 1 aliphatic rings. The molecule has 0 fully saturated rings. The van der Waals surface area contributed by atoms with Crippen LogP contribution in [0.2, 0.25) is 0 Å². The van der Waals surface area contributed by atoms with E-state index in [0.717, 1.165) is 12.2 Å². The molecule has 2 aromatic heterocycles. The van der Waals surface area contributed by atoms with Crippen molar-refractivity contribution < 1.29 is 23.7 Å². The number of benzene rings is 1. The van der Waals surface area contributed by atoms with Gasteiger partial charge in [0.1, 0.15) is 11.2 Å². The molecular formula is C20H11NO5. The Bertz CT molecular complexity index is 1190. The molecule has 3 aromatic rings. The Morgan fingerprint density at radius 1 is 0.846 bits per heavy atom. The zero-order valence-corrected chi connectivity index (χ0v) is 13.3. The van der Waals surface area contributed by atoms with Gasteiger partial charge in [-0.15, -0.1) is 0 Å². The predicted octanol–water partition coefficient (Wildman–Crippen LogP) is 1.23. The fraction of sp³-hybridized carbons (Fsp3) is 0. The lowest BCUT2D eigenvalue weighted by Gasteiger charge is -2.17. The summed E-state index contributed by atoms with van der Waals surface area (Å²) in [6.07, 6.45) is 5.30. The van der Waals surface area contributed by atoms with Crippen LogP contribution in [0.1, 0.15) is 5.56 Å². The van der Waals surface area contributed by atoms with Crippen LogP contribution >= 0.6 is 0 Å². The summed E-state index contributed by atoms with van der Waals surface area (Å²) in [4.78, 5) is 37.5. The number of allylic oxidation sites excluding steroid dienone is 4. The SMILES string of the molecule is O=C1C=CC(=O)C([n+]2ccccc2)=C1c1c([O-])c2ccccc2oc1=O. The first-order chi connectivity index (χ1) is 12.6. The topological polar surface area (TPSA) is 91.3 Å². The maximum atomic E-state index is 12.9. The van der Waals surface area contributed by atoms with E-state index < -0.39 is 28.5 Å². The molecule has 2 heterocycles. The molecule has 126 valence electrons. The highest BCUT2D eigenvalue weighted by molar-refractivity contribution is 6.44. The number of pyridine rings is 1. The van der Waals surface area contributed by atoms with Gasteiger partial charge in [-0.05, 0) is 18.2 Å². The average molecular weight is 345 g/mol. The van der Waals surface area contributed by atoms with E-state index in [0.29, 0.717) is 0 Å². The third kappa shape index (κ3) is 2.36. The van der Waals surface area contributed by atoms with Gasteiger partial charge in [-0.25, -0.2) is 4.79 Å². The molecule has 26 heavy (non-hydrogen) atoms. The second-order valence-electron chi connectivity index (χ2n) is 5.66. The number of carbonyl (C=O) groups is 2. The van der Waals surface area contributed by atoms with Crippen molar-refractivity contribution in [2.24, 2.45) is 0 Å². The van der Waals surface area contributed by atoms with Gasteiger partial charge in [0, 0.05) is 17.5 Å². The van der Waals surface area contributed by atoms with E-state index in [2.05, 4.69) is 0 Å². The van der Waals surface area contributed by atoms with Gasteiger partial charge in [-0.3, -0.25) is 9.59 Å². The summed E-state index contributed by atoms with van der Waals surface area (Å²) >= 11 is 0. The van der Waals surface area contributed by atoms with Crippen LogP contribution in [0.25, 0.3) is 22.2 Å². The summed E-state index contributed by atoms with van der Waals surface area (Å²) < 4.78 is 6.62. The third-order valence-electron chi connectivity index (χ3n) is 4.09. The molecule has 6 nitrogen and oxygen atoms in total. The first-order valence-electron chi connectivity index (χ1n) is 7.79. The standard InChI is InChI=1S/C20H11NO5/c22-13-8-9-14(23)18(21-10-4-1-5-11-21)16(13)17-19(24)12-6-2-3-7-15(12)26-20(17)25/h1-11H. The van der Waals surface area contributed by atoms with E-state index in [1.54, 1.807) is 42.7 Å². The Morgan fingerprint density at radius 2 is 1.54 bits per heavy atom. The summed E-state index contributed by atoms with van der Waals surface area (Å²) in [5.41, 5.74) is -1.56. The van der Waals surface area contributed by atoms with Gasteiger partial charge < -0.3 is 9.52 Å². The van der Waals surface area contributed by atoms with Crippen LogP contribution in [0.3, 0.4) is 0 Å². The quantitative estimate of drug-likeness (QED) is 0.396. The van der Waals surface area contributed by atoms with Gasteiger partial charge in [0.15, 0.2) is 18.2 Å². The van der Waals surface area contributed by atoms with E-state index in [1.807, 2.05) is 0 Å². The van der Waals surface area contributed by atoms with Crippen molar-refractivity contribution >= 4 is 33.8 Å². The number of carbonyl (C=O) groups excluding carboxylic acids is 2. The van der Waals surface area contributed by atoms with Crippen LogP contribution in [0.4, 0.5) is 0 Å².